The lowest BCUT2D eigenvalue weighted by Gasteiger charge is -2.28. The Labute approximate surface area is 150 Å². The van der Waals surface area contributed by atoms with Gasteiger partial charge in [0.1, 0.15) is 23.0 Å². The summed E-state index contributed by atoms with van der Waals surface area (Å²) in [5.74, 6) is 1.45. The van der Waals surface area contributed by atoms with Crippen LogP contribution in [0.15, 0.2) is 36.8 Å². The Kier molecular flexibility index (Phi) is 4.48. The van der Waals surface area contributed by atoms with Crippen molar-refractivity contribution >= 4 is 11.5 Å². The van der Waals surface area contributed by atoms with Gasteiger partial charge in [0.05, 0.1) is 12.3 Å². The molecule has 0 spiro atoms. The second-order valence-corrected chi connectivity index (χ2v) is 6.71. The average Bonchev–Trinajstić information content (AvgIpc) is 3.07. The zero-order valence-electron chi connectivity index (χ0n) is 14.3. The molecular formula is C19H19FN6. The molecule has 26 heavy (non-hydrogen) atoms. The Balaban J connectivity index is 1.52. The number of rotatable bonds is 4. The maximum absolute atomic E-state index is 13.6. The number of nitriles is 1. The highest BCUT2D eigenvalue weighted by Crippen LogP contribution is 2.28. The van der Waals surface area contributed by atoms with E-state index in [-0.39, 0.29) is 5.82 Å². The van der Waals surface area contributed by atoms with Crippen molar-refractivity contribution in [1.29, 1.82) is 5.26 Å². The summed E-state index contributed by atoms with van der Waals surface area (Å²) in [4.78, 5) is 13.2. The van der Waals surface area contributed by atoms with Crippen LogP contribution < -0.4 is 5.32 Å². The minimum atomic E-state index is -0.333. The number of hydrogen-bond donors (Lipinski definition) is 1. The first-order chi connectivity index (χ1) is 12.7. The number of hydrogen-bond acceptors (Lipinski definition) is 5. The molecule has 1 aliphatic carbocycles. The zero-order chi connectivity index (χ0) is 17.9. The fourth-order valence-electron chi connectivity index (χ4n) is 3.53. The molecule has 0 saturated heterocycles. The van der Waals surface area contributed by atoms with E-state index in [9.17, 15) is 4.39 Å². The van der Waals surface area contributed by atoms with Crippen LogP contribution in [0, 0.1) is 23.1 Å². The molecule has 0 unspecified atom stereocenters. The lowest BCUT2D eigenvalue weighted by molar-refractivity contribution is 0.342. The Morgan fingerprint density at radius 2 is 2.04 bits per heavy atom. The highest BCUT2D eigenvalue weighted by atomic mass is 19.1. The van der Waals surface area contributed by atoms with Crippen molar-refractivity contribution in [3.8, 4) is 17.6 Å². The summed E-state index contributed by atoms with van der Waals surface area (Å²) in [6, 6.07) is 7.47. The number of imidazole rings is 1. The SMILES string of the molecule is N#CCC1CCC(Nc2ccnc(-c3cnc4ccc(F)cn34)n2)CC1. The molecule has 7 heteroatoms. The van der Waals surface area contributed by atoms with Gasteiger partial charge in [0.15, 0.2) is 5.82 Å². The smallest absolute Gasteiger partial charge is 0.180 e. The van der Waals surface area contributed by atoms with Crippen molar-refractivity contribution in [2.24, 2.45) is 5.92 Å². The highest BCUT2D eigenvalue weighted by Gasteiger charge is 2.21. The molecule has 0 aliphatic heterocycles. The summed E-state index contributed by atoms with van der Waals surface area (Å²) in [5.41, 5.74) is 1.31. The minimum absolute atomic E-state index is 0.333. The Morgan fingerprint density at radius 1 is 1.19 bits per heavy atom. The standard InChI is InChI=1S/C19H19FN6/c20-14-3-6-18-23-11-16(26(18)12-14)19-22-10-8-17(25-19)24-15-4-1-13(2-5-15)7-9-21/h3,6,8,10-13,15H,1-2,4-5,7H2,(H,22,24,25). The van der Waals surface area contributed by atoms with Crippen molar-refractivity contribution in [1.82, 2.24) is 19.4 Å². The molecule has 1 saturated carbocycles. The number of halogens is 1. The van der Waals surface area contributed by atoms with Gasteiger partial charge >= 0.3 is 0 Å². The normalized spacial score (nSPS) is 20.0. The molecule has 1 aliphatic rings. The largest absolute Gasteiger partial charge is 0.367 e. The van der Waals surface area contributed by atoms with Crippen LogP contribution in [0.25, 0.3) is 17.2 Å². The van der Waals surface area contributed by atoms with E-state index in [0.29, 0.717) is 35.5 Å². The third-order valence-corrected chi connectivity index (χ3v) is 4.93. The minimum Gasteiger partial charge on any atom is -0.367 e. The van der Waals surface area contributed by atoms with Gasteiger partial charge in [-0.1, -0.05) is 0 Å². The molecule has 0 bridgehead atoms. The molecule has 132 valence electrons. The van der Waals surface area contributed by atoms with Gasteiger partial charge in [-0.25, -0.2) is 19.3 Å². The molecular weight excluding hydrogens is 331 g/mol. The molecule has 0 amide bonds. The fraction of sp³-hybridized carbons (Fsp3) is 0.368. The van der Waals surface area contributed by atoms with E-state index in [0.717, 1.165) is 31.5 Å². The highest BCUT2D eigenvalue weighted by molar-refractivity contribution is 5.58. The van der Waals surface area contributed by atoms with Crippen LogP contribution in [0.4, 0.5) is 10.2 Å². The van der Waals surface area contributed by atoms with Gasteiger partial charge < -0.3 is 5.32 Å². The summed E-state index contributed by atoms with van der Waals surface area (Å²) in [7, 11) is 0. The molecule has 0 aromatic carbocycles. The van der Waals surface area contributed by atoms with E-state index in [4.69, 9.17) is 5.26 Å². The zero-order valence-corrected chi connectivity index (χ0v) is 14.3. The van der Waals surface area contributed by atoms with Gasteiger partial charge in [0.25, 0.3) is 0 Å². The summed E-state index contributed by atoms with van der Waals surface area (Å²) < 4.78 is 15.2. The summed E-state index contributed by atoms with van der Waals surface area (Å²) >= 11 is 0. The Bertz CT molecular complexity index is 952. The molecule has 0 atom stereocenters. The molecule has 3 aromatic heterocycles. The second kappa shape index (κ2) is 7.08. The van der Waals surface area contributed by atoms with E-state index in [1.807, 2.05) is 6.07 Å². The van der Waals surface area contributed by atoms with Crippen LogP contribution in [-0.2, 0) is 0 Å². The van der Waals surface area contributed by atoms with Crippen LogP contribution in [-0.4, -0.2) is 25.4 Å². The first kappa shape index (κ1) is 16.5. The topological polar surface area (TPSA) is 78.9 Å². The van der Waals surface area contributed by atoms with Gasteiger partial charge in [-0.2, -0.15) is 5.26 Å². The lowest BCUT2D eigenvalue weighted by Crippen LogP contribution is -2.26. The maximum atomic E-state index is 13.6. The number of anilines is 1. The van der Waals surface area contributed by atoms with Crippen molar-refractivity contribution in [3.63, 3.8) is 0 Å². The maximum Gasteiger partial charge on any atom is 0.180 e. The van der Waals surface area contributed by atoms with Crippen molar-refractivity contribution < 1.29 is 4.39 Å². The van der Waals surface area contributed by atoms with Crippen molar-refractivity contribution in [2.75, 3.05) is 5.32 Å². The third-order valence-electron chi connectivity index (χ3n) is 4.93. The number of nitrogens with one attached hydrogen (secondary N) is 1. The summed E-state index contributed by atoms with van der Waals surface area (Å²) in [6.07, 6.45) is 9.59. The van der Waals surface area contributed by atoms with Gasteiger partial charge in [0.2, 0.25) is 0 Å². The summed E-state index contributed by atoms with van der Waals surface area (Å²) in [5, 5.41) is 12.3. The van der Waals surface area contributed by atoms with Crippen molar-refractivity contribution in [3.05, 3.63) is 42.6 Å². The van der Waals surface area contributed by atoms with E-state index in [1.54, 1.807) is 22.9 Å². The molecule has 4 rings (SSSR count). The molecule has 3 aromatic rings. The molecule has 1 fully saturated rings. The monoisotopic (exact) mass is 350 g/mol. The van der Waals surface area contributed by atoms with Gasteiger partial charge in [-0.15, -0.1) is 0 Å². The molecule has 1 N–H and O–H groups in total. The molecule has 3 heterocycles. The van der Waals surface area contributed by atoms with Crippen molar-refractivity contribution in [2.45, 2.75) is 38.1 Å². The first-order valence-corrected chi connectivity index (χ1v) is 8.82. The van der Waals surface area contributed by atoms with Crippen LogP contribution in [0.3, 0.4) is 0 Å². The van der Waals surface area contributed by atoms with E-state index < -0.39 is 0 Å². The van der Waals surface area contributed by atoms with Crippen LogP contribution in [0.1, 0.15) is 32.1 Å². The van der Waals surface area contributed by atoms with E-state index in [2.05, 4.69) is 26.3 Å². The van der Waals surface area contributed by atoms with Crippen LogP contribution in [0.5, 0.6) is 0 Å². The van der Waals surface area contributed by atoms with Crippen LogP contribution in [0.2, 0.25) is 0 Å². The third kappa shape index (κ3) is 3.36. The first-order valence-electron chi connectivity index (χ1n) is 8.82. The second-order valence-electron chi connectivity index (χ2n) is 6.71. The molecule has 6 nitrogen and oxygen atoms in total. The Morgan fingerprint density at radius 3 is 2.85 bits per heavy atom. The Hall–Kier alpha value is -3.01. The van der Waals surface area contributed by atoms with Gasteiger partial charge in [-0.05, 0) is 49.8 Å². The van der Waals surface area contributed by atoms with Crippen LogP contribution >= 0.6 is 0 Å². The van der Waals surface area contributed by atoms with E-state index in [1.165, 1.54) is 12.3 Å². The fourth-order valence-corrected chi connectivity index (χ4v) is 3.53. The molecule has 0 radical (unpaired) electrons. The average molecular weight is 350 g/mol. The predicted molar refractivity (Wildman–Crippen MR) is 95.8 cm³/mol. The summed E-state index contributed by atoms with van der Waals surface area (Å²) in [6.45, 7) is 0. The van der Waals surface area contributed by atoms with Gasteiger partial charge in [-0.3, -0.25) is 4.40 Å². The quantitative estimate of drug-likeness (QED) is 0.774. The number of fused-ring (bicyclic) bond motifs is 1. The number of aromatic nitrogens is 4. The lowest BCUT2D eigenvalue weighted by atomic mass is 9.84. The number of pyridine rings is 1. The predicted octanol–water partition coefficient (Wildman–Crippen LogP) is 3.81. The number of nitrogens with zero attached hydrogens (tertiary/aromatic N) is 5. The van der Waals surface area contributed by atoms with Gasteiger partial charge in [0, 0.05) is 24.9 Å². The van der Waals surface area contributed by atoms with E-state index >= 15 is 0 Å².